The zero-order valence-electron chi connectivity index (χ0n) is 10.7. The number of hydrazine groups is 1. The van der Waals surface area contributed by atoms with Crippen molar-refractivity contribution in [1.82, 2.24) is 25.1 Å². The average molecular weight is 261 g/mol. The van der Waals surface area contributed by atoms with Crippen molar-refractivity contribution >= 4 is 11.7 Å². The quantitative estimate of drug-likeness (QED) is 0.516. The van der Waals surface area contributed by atoms with Crippen LogP contribution in [0.5, 0.6) is 0 Å². The number of aryl methyl sites for hydroxylation is 1. The van der Waals surface area contributed by atoms with Crippen LogP contribution in [0.25, 0.3) is 0 Å². The molecule has 0 unspecified atom stereocenters. The summed E-state index contributed by atoms with van der Waals surface area (Å²) in [6, 6.07) is 0. The first kappa shape index (κ1) is 13.0. The summed E-state index contributed by atoms with van der Waals surface area (Å²) in [6.07, 6.45) is 4.54. The van der Waals surface area contributed by atoms with Gasteiger partial charge in [-0.1, -0.05) is 0 Å². The SMILES string of the molecule is Cc1c(CNC(=O)c2cncc(NN)n2)cnn1C. The zero-order valence-corrected chi connectivity index (χ0v) is 10.7. The molecule has 0 saturated carbocycles. The van der Waals surface area contributed by atoms with Crippen molar-refractivity contribution in [2.45, 2.75) is 13.5 Å². The Morgan fingerprint density at radius 2 is 2.21 bits per heavy atom. The normalized spacial score (nSPS) is 10.3. The number of carbonyl (C=O) groups excluding carboxylic acids is 1. The second kappa shape index (κ2) is 5.44. The molecule has 0 fully saturated rings. The number of carbonyl (C=O) groups is 1. The van der Waals surface area contributed by atoms with E-state index >= 15 is 0 Å². The summed E-state index contributed by atoms with van der Waals surface area (Å²) in [5.41, 5.74) is 4.51. The molecule has 0 bridgehead atoms. The van der Waals surface area contributed by atoms with Gasteiger partial charge in [0.25, 0.3) is 5.91 Å². The van der Waals surface area contributed by atoms with Gasteiger partial charge in [-0.25, -0.2) is 10.8 Å². The third-order valence-corrected chi connectivity index (χ3v) is 2.79. The monoisotopic (exact) mass is 261 g/mol. The van der Waals surface area contributed by atoms with Gasteiger partial charge in [-0.2, -0.15) is 5.10 Å². The lowest BCUT2D eigenvalue weighted by Gasteiger charge is -2.05. The third-order valence-electron chi connectivity index (χ3n) is 2.79. The van der Waals surface area contributed by atoms with E-state index in [1.807, 2.05) is 14.0 Å². The second-order valence-electron chi connectivity index (χ2n) is 4.00. The highest BCUT2D eigenvalue weighted by Gasteiger charge is 2.10. The number of hydrogen-bond donors (Lipinski definition) is 3. The fraction of sp³-hybridized carbons (Fsp3) is 0.273. The standard InChI is InChI=1S/C11H15N7O/c1-7-8(4-15-18(7)2)3-14-11(19)9-5-13-6-10(16-9)17-12/h4-6H,3,12H2,1-2H3,(H,14,19)(H,16,17). The summed E-state index contributed by atoms with van der Waals surface area (Å²) in [5.74, 6) is 5.24. The first-order valence-corrected chi connectivity index (χ1v) is 5.66. The minimum atomic E-state index is -0.312. The zero-order chi connectivity index (χ0) is 13.8. The predicted molar refractivity (Wildman–Crippen MR) is 69.0 cm³/mol. The number of amides is 1. The lowest BCUT2D eigenvalue weighted by molar-refractivity contribution is 0.0945. The molecule has 1 amide bonds. The van der Waals surface area contributed by atoms with Crippen molar-refractivity contribution in [1.29, 1.82) is 0 Å². The summed E-state index contributed by atoms with van der Waals surface area (Å²) in [5, 5.41) is 6.86. The van der Waals surface area contributed by atoms with Crippen molar-refractivity contribution in [2.75, 3.05) is 5.43 Å². The number of nitrogens with one attached hydrogen (secondary N) is 2. The van der Waals surface area contributed by atoms with Crippen LogP contribution in [0.15, 0.2) is 18.6 Å². The van der Waals surface area contributed by atoms with Crippen LogP contribution in [0.2, 0.25) is 0 Å². The molecule has 0 aliphatic rings. The van der Waals surface area contributed by atoms with Crippen LogP contribution in [0.1, 0.15) is 21.7 Å². The van der Waals surface area contributed by atoms with Gasteiger partial charge in [0, 0.05) is 24.8 Å². The van der Waals surface area contributed by atoms with Gasteiger partial charge in [-0.15, -0.1) is 0 Å². The second-order valence-corrected chi connectivity index (χ2v) is 4.00. The molecule has 8 heteroatoms. The lowest BCUT2D eigenvalue weighted by Crippen LogP contribution is -2.25. The molecule has 2 aromatic heterocycles. The van der Waals surface area contributed by atoms with Crippen molar-refractivity contribution in [3.63, 3.8) is 0 Å². The first-order chi connectivity index (χ1) is 9.11. The van der Waals surface area contributed by atoms with Crippen molar-refractivity contribution in [3.8, 4) is 0 Å². The molecular formula is C11H15N7O. The fourth-order valence-electron chi connectivity index (χ4n) is 1.53. The van der Waals surface area contributed by atoms with Gasteiger partial charge >= 0.3 is 0 Å². The molecule has 0 atom stereocenters. The third kappa shape index (κ3) is 2.86. The van der Waals surface area contributed by atoms with Gasteiger partial charge in [0.05, 0.1) is 18.6 Å². The largest absolute Gasteiger partial charge is 0.346 e. The van der Waals surface area contributed by atoms with Crippen molar-refractivity contribution in [2.24, 2.45) is 12.9 Å². The van der Waals surface area contributed by atoms with Gasteiger partial charge in [0.15, 0.2) is 5.82 Å². The number of nitrogens with zero attached hydrogens (tertiary/aromatic N) is 4. The first-order valence-electron chi connectivity index (χ1n) is 5.66. The molecule has 4 N–H and O–H groups in total. The van der Waals surface area contributed by atoms with E-state index in [-0.39, 0.29) is 11.6 Å². The van der Waals surface area contributed by atoms with Crippen LogP contribution in [0.4, 0.5) is 5.82 Å². The van der Waals surface area contributed by atoms with E-state index in [0.717, 1.165) is 11.3 Å². The van der Waals surface area contributed by atoms with Gasteiger partial charge in [0.2, 0.25) is 0 Å². The minimum absolute atomic E-state index is 0.206. The number of nitrogen functional groups attached to an aromatic ring is 1. The van der Waals surface area contributed by atoms with Crippen LogP contribution in [-0.4, -0.2) is 25.7 Å². The van der Waals surface area contributed by atoms with Crippen LogP contribution in [0, 0.1) is 6.92 Å². The average Bonchev–Trinajstić information content (AvgIpc) is 2.76. The molecule has 2 aromatic rings. The maximum atomic E-state index is 11.9. The van der Waals surface area contributed by atoms with Crippen molar-refractivity contribution in [3.05, 3.63) is 35.5 Å². The molecule has 8 nitrogen and oxygen atoms in total. The summed E-state index contributed by atoms with van der Waals surface area (Å²) in [4.78, 5) is 19.8. The molecule has 0 saturated heterocycles. The Labute approximate surface area is 110 Å². The summed E-state index contributed by atoms with van der Waals surface area (Å²) in [7, 11) is 1.85. The topological polar surface area (TPSA) is 111 Å². The Bertz CT molecular complexity index is 592. The van der Waals surface area contributed by atoms with E-state index in [1.54, 1.807) is 10.9 Å². The van der Waals surface area contributed by atoms with E-state index in [0.29, 0.717) is 12.4 Å². The minimum Gasteiger partial charge on any atom is -0.346 e. The summed E-state index contributed by atoms with van der Waals surface area (Å²) in [6.45, 7) is 2.33. The van der Waals surface area contributed by atoms with Crippen LogP contribution in [-0.2, 0) is 13.6 Å². The Kier molecular flexibility index (Phi) is 3.71. The molecule has 0 aromatic carbocycles. The Morgan fingerprint density at radius 3 is 2.84 bits per heavy atom. The van der Waals surface area contributed by atoms with Crippen LogP contribution < -0.4 is 16.6 Å². The predicted octanol–water partition coefficient (Wildman–Crippen LogP) is -0.266. The molecule has 2 heterocycles. The highest BCUT2D eigenvalue weighted by atomic mass is 16.1. The number of anilines is 1. The molecule has 2 rings (SSSR count). The molecule has 0 radical (unpaired) electrons. The lowest BCUT2D eigenvalue weighted by atomic mass is 10.2. The highest BCUT2D eigenvalue weighted by molar-refractivity contribution is 5.92. The smallest absolute Gasteiger partial charge is 0.271 e. The Balaban J connectivity index is 2.03. The van der Waals surface area contributed by atoms with Crippen molar-refractivity contribution < 1.29 is 4.79 Å². The van der Waals surface area contributed by atoms with Gasteiger partial charge in [-0.05, 0) is 6.92 Å². The Hall–Kier alpha value is -2.48. The molecule has 0 aliphatic heterocycles. The van der Waals surface area contributed by atoms with Crippen LogP contribution in [0.3, 0.4) is 0 Å². The summed E-state index contributed by atoms with van der Waals surface area (Å²) < 4.78 is 1.75. The fourth-order valence-corrected chi connectivity index (χ4v) is 1.53. The molecule has 19 heavy (non-hydrogen) atoms. The molecule has 0 aliphatic carbocycles. The van der Waals surface area contributed by atoms with Crippen LogP contribution >= 0.6 is 0 Å². The number of nitrogens with two attached hydrogens (primary N) is 1. The van der Waals surface area contributed by atoms with Gasteiger partial charge < -0.3 is 10.7 Å². The number of rotatable bonds is 4. The molecular weight excluding hydrogens is 246 g/mol. The number of hydrogen-bond acceptors (Lipinski definition) is 6. The maximum absolute atomic E-state index is 11.9. The van der Waals surface area contributed by atoms with E-state index in [4.69, 9.17) is 5.84 Å². The molecule has 0 spiro atoms. The van der Waals surface area contributed by atoms with Gasteiger partial charge in [0.1, 0.15) is 5.69 Å². The number of aromatic nitrogens is 4. The molecule has 100 valence electrons. The van der Waals surface area contributed by atoms with E-state index < -0.39 is 0 Å². The summed E-state index contributed by atoms with van der Waals surface area (Å²) >= 11 is 0. The van der Waals surface area contributed by atoms with E-state index in [2.05, 4.69) is 25.8 Å². The highest BCUT2D eigenvalue weighted by Crippen LogP contribution is 2.05. The maximum Gasteiger partial charge on any atom is 0.271 e. The van der Waals surface area contributed by atoms with Gasteiger partial charge in [-0.3, -0.25) is 14.5 Å². The van der Waals surface area contributed by atoms with E-state index in [1.165, 1.54) is 12.4 Å². The Morgan fingerprint density at radius 1 is 1.42 bits per heavy atom. The van der Waals surface area contributed by atoms with E-state index in [9.17, 15) is 4.79 Å².